The van der Waals surface area contributed by atoms with Crippen molar-refractivity contribution in [2.45, 2.75) is 30.2 Å². The summed E-state index contributed by atoms with van der Waals surface area (Å²) in [6.45, 7) is 0.720. The zero-order valence-electron chi connectivity index (χ0n) is 11.1. The molecule has 2 atom stereocenters. The molecule has 4 N–H and O–H groups in total. The standard InChI is InChI=1S/C13H21N3O2S/c1-15-19(17,18)13-8-3-2-7-12(13)16-9-10-5-4-6-11(10)14/h2-3,7-8,10-11,15-16H,4-6,9,14H2,1H3. The van der Waals surface area contributed by atoms with Gasteiger partial charge in [-0.25, -0.2) is 13.1 Å². The lowest BCUT2D eigenvalue weighted by molar-refractivity contribution is 0.504. The molecule has 2 rings (SSSR count). The molecular formula is C13H21N3O2S. The quantitative estimate of drug-likeness (QED) is 0.756. The summed E-state index contributed by atoms with van der Waals surface area (Å²) in [6, 6.07) is 7.15. The minimum Gasteiger partial charge on any atom is -0.384 e. The van der Waals surface area contributed by atoms with Crippen molar-refractivity contribution < 1.29 is 8.42 Å². The number of para-hydroxylation sites is 1. The van der Waals surface area contributed by atoms with Gasteiger partial charge in [0.05, 0.1) is 5.69 Å². The molecule has 0 aromatic heterocycles. The summed E-state index contributed by atoms with van der Waals surface area (Å²) < 4.78 is 26.2. The third kappa shape index (κ3) is 3.26. The molecule has 0 aliphatic heterocycles. The Kier molecular flexibility index (Phi) is 4.44. The van der Waals surface area contributed by atoms with E-state index >= 15 is 0 Å². The number of nitrogens with one attached hydrogen (secondary N) is 2. The molecule has 1 fully saturated rings. The van der Waals surface area contributed by atoms with Gasteiger partial charge >= 0.3 is 0 Å². The molecule has 0 heterocycles. The van der Waals surface area contributed by atoms with Crippen LogP contribution in [-0.2, 0) is 10.0 Å². The second-order valence-electron chi connectivity index (χ2n) is 4.94. The average Bonchev–Trinajstić information content (AvgIpc) is 2.82. The number of nitrogens with two attached hydrogens (primary N) is 1. The Hall–Kier alpha value is -1.11. The first-order valence-corrected chi connectivity index (χ1v) is 8.05. The Bertz CT molecular complexity index is 530. The largest absolute Gasteiger partial charge is 0.384 e. The Labute approximate surface area is 114 Å². The Morgan fingerprint density at radius 3 is 2.68 bits per heavy atom. The number of anilines is 1. The van der Waals surface area contributed by atoms with Crippen LogP contribution in [0, 0.1) is 5.92 Å². The van der Waals surface area contributed by atoms with Gasteiger partial charge in [0.15, 0.2) is 0 Å². The van der Waals surface area contributed by atoms with Gasteiger partial charge in [-0.2, -0.15) is 0 Å². The van der Waals surface area contributed by atoms with E-state index in [-0.39, 0.29) is 10.9 Å². The molecular weight excluding hydrogens is 262 g/mol. The first kappa shape index (κ1) is 14.3. The first-order valence-electron chi connectivity index (χ1n) is 6.56. The van der Waals surface area contributed by atoms with Crippen LogP contribution < -0.4 is 15.8 Å². The fourth-order valence-electron chi connectivity index (χ4n) is 2.52. The van der Waals surface area contributed by atoms with Crippen molar-refractivity contribution in [3.05, 3.63) is 24.3 Å². The minimum absolute atomic E-state index is 0.223. The summed E-state index contributed by atoms with van der Waals surface area (Å²) in [6.07, 6.45) is 3.32. The predicted octanol–water partition coefficient (Wildman–Crippen LogP) is 1.13. The molecule has 6 heteroatoms. The van der Waals surface area contributed by atoms with Crippen LogP contribution in [0.15, 0.2) is 29.2 Å². The molecule has 1 aromatic rings. The molecule has 106 valence electrons. The lowest BCUT2D eigenvalue weighted by atomic mass is 10.0. The van der Waals surface area contributed by atoms with Crippen molar-refractivity contribution in [1.29, 1.82) is 0 Å². The molecule has 0 saturated heterocycles. The van der Waals surface area contributed by atoms with Gasteiger partial charge in [0.1, 0.15) is 4.90 Å². The number of rotatable bonds is 5. The highest BCUT2D eigenvalue weighted by atomic mass is 32.2. The van der Waals surface area contributed by atoms with E-state index in [2.05, 4.69) is 10.0 Å². The van der Waals surface area contributed by atoms with Gasteiger partial charge in [-0.3, -0.25) is 0 Å². The second kappa shape index (κ2) is 5.90. The van der Waals surface area contributed by atoms with Crippen molar-refractivity contribution in [1.82, 2.24) is 4.72 Å². The molecule has 19 heavy (non-hydrogen) atoms. The summed E-state index contributed by atoms with van der Waals surface area (Å²) >= 11 is 0. The monoisotopic (exact) mass is 283 g/mol. The lowest BCUT2D eigenvalue weighted by Crippen LogP contribution is -2.30. The topological polar surface area (TPSA) is 84.2 Å². The summed E-state index contributed by atoms with van der Waals surface area (Å²) in [5.74, 6) is 0.422. The first-order chi connectivity index (χ1) is 9.04. The van der Waals surface area contributed by atoms with Crippen LogP contribution in [0.2, 0.25) is 0 Å². The molecule has 2 unspecified atom stereocenters. The normalized spacial score (nSPS) is 23.5. The van der Waals surface area contributed by atoms with E-state index in [1.54, 1.807) is 18.2 Å². The van der Waals surface area contributed by atoms with E-state index in [4.69, 9.17) is 5.73 Å². The maximum absolute atomic E-state index is 11.9. The maximum atomic E-state index is 11.9. The summed E-state index contributed by atoms with van der Waals surface area (Å²) in [4.78, 5) is 0.282. The van der Waals surface area contributed by atoms with Crippen LogP contribution in [0.5, 0.6) is 0 Å². The van der Waals surface area contributed by atoms with Gasteiger partial charge < -0.3 is 11.1 Å². The van der Waals surface area contributed by atoms with Gasteiger partial charge in [0.2, 0.25) is 10.0 Å². The molecule has 0 amide bonds. The van der Waals surface area contributed by atoms with E-state index in [9.17, 15) is 8.42 Å². The average molecular weight is 283 g/mol. The number of sulfonamides is 1. The highest BCUT2D eigenvalue weighted by molar-refractivity contribution is 7.89. The van der Waals surface area contributed by atoms with E-state index in [1.807, 2.05) is 6.07 Å². The maximum Gasteiger partial charge on any atom is 0.242 e. The SMILES string of the molecule is CNS(=O)(=O)c1ccccc1NCC1CCCC1N. The van der Waals surface area contributed by atoms with Gasteiger partial charge in [0.25, 0.3) is 0 Å². The third-order valence-corrected chi connectivity index (χ3v) is 5.19. The van der Waals surface area contributed by atoms with E-state index < -0.39 is 10.0 Å². The fraction of sp³-hybridized carbons (Fsp3) is 0.538. The van der Waals surface area contributed by atoms with Gasteiger partial charge in [-0.15, -0.1) is 0 Å². The van der Waals surface area contributed by atoms with Crippen LogP contribution in [-0.4, -0.2) is 28.1 Å². The van der Waals surface area contributed by atoms with Crippen molar-refractivity contribution in [3.8, 4) is 0 Å². The zero-order valence-corrected chi connectivity index (χ0v) is 11.9. The number of hydrogen-bond donors (Lipinski definition) is 3. The summed E-state index contributed by atoms with van der Waals surface area (Å²) in [5, 5.41) is 3.23. The van der Waals surface area contributed by atoms with Gasteiger partial charge in [-0.1, -0.05) is 18.6 Å². The van der Waals surface area contributed by atoms with Gasteiger partial charge in [0, 0.05) is 12.6 Å². The Morgan fingerprint density at radius 2 is 2.05 bits per heavy atom. The molecule has 0 bridgehead atoms. The fourth-order valence-corrected chi connectivity index (χ4v) is 3.42. The molecule has 1 aromatic carbocycles. The minimum atomic E-state index is -3.43. The van der Waals surface area contributed by atoms with E-state index in [0.717, 1.165) is 25.8 Å². The lowest BCUT2D eigenvalue weighted by Gasteiger charge is -2.18. The van der Waals surface area contributed by atoms with Crippen LogP contribution in [0.4, 0.5) is 5.69 Å². The summed E-state index contributed by atoms with van der Waals surface area (Å²) in [5.41, 5.74) is 6.66. The van der Waals surface area contributed by atoms with Crippen LogP contribution in [0.3, 0.4) is 0 Å². The summed E-state index contributed by atoms with van der Waals surface area (Å²) in [7, 11) is -2.02. The van der Waals surface area contributed by atoms with Crippen LogP contribution in [0.1, 0.15) is 19.3 Å². The van der Waals surface area contributed by atoms with Crippen molar-refractivity contribution >= 4 is 15.7 Å². The predicted molar refractivity (Wildman–Crippen MR) is 76.5 cm³/mol. The van der Waals surface area contributed by atoms with Crippen LogP contribution in [0.25, 0.3) is 0 Å². The molecule has 1 saturated carbocycles. The molecule has 1 aliphatic carbocycles. The Morgan fingerprint density at radius 1 is 1.32 bits per heavy atom. The number of benzene rings is 1. The number of hydrogen-bond acceptors (Lipinski definition) is 4. The highest BCUT2D eigenvalue weighted by Crippen LogP contribution is 2.26. The van der Waals surface area contributed by atoms with Crippen LogP contribution >= 0.6 is 0 Å². The third-order valence-electron chi connectivity index (χ3n) is 3.72. The van der Waals surface area contributed by atoms with Crippen molar-refractivity contribution in [3.63, 3.8) is 0 Å². The molecule has 0 radical (unpaired) electrons. The molecule has 1 aliphatic rings. The van der Waals surface area contributed by atoms with E-state index in [0.29, 0.717) is 11.6 Å². The van der Waals surface area contributed by atoms with Gasteiger partial charge in [-0.05, 0) is 37.9 Å². The second-order valence-corrected chi connectivity index (χ2v) is 6.79. The highest BCUT2D eigenvalue weighted by Gasteiger charge is 2.24. The van der Waals surface area contributed by atoms with Crippen molar-refractivity contribution in [2.75, 3.05) is 18.9 Å². The smallest absolute Gasteiger partial charge is 0.242 e. The zero-order chi connectivity index (χ0) is 13.9. The van der Waals surface area contributed by atoms with Crippen molar-refractivity contribution in [2.24, 2.45) is 11.7 Å². The molecule has 0 spiro atoms. The molecule has 5 nitrogen and oxygen atoms in total. The van der Waals surface area contributed by atoms with E-state index in [1.165, 1.54) is 7.05 Å². The Balaban J connectivity index is 2.12.